The molecule has 10 heteroatoms. The number of benzene rings is 2. The number of hydrogen-bond donors (Lipinski definition) is 3. The maximum atomic E-state index is 13.5. The monoisotopic (exact) mass is 583 g/mol. The minimum atomic E-state index is -0.346. The zero-order valence-corrected chi connectivity index (χ0v) is 24.6. The Morgan fingerprint density at radius 1 is 1.02 bits per heavy atom. The van der Waals surface area contributed by atoms with Crippen molar-refractivity contribution in [3.8, 4) is 11.5 Å². The highest BCUT2D eigenvalue weighted by atomic mass is 32.1. The third kappa shape index (κ3) is 5.75. The number of para-hydroxylation sites is 1. The van der Waals surface area contributed by atoms with E-state index >= 15 is 0 Å². The van der Waals surface area contributed by atoms with Gasteiger partial charge in [-0.05, 0) is 89.1 Å². The van der Waals surface area contributed by atoms with Crippen LogP contribution in [0.4, 0.5) is 21.9 Å². The smallest absolute Gasteiger partial charge is 0.331 e. The van der Waals surface area contributed by atoms with Crippen LogP contribution in [0.5, 0.6) is 11.5 Å². The van der Waals surface area contributed by atoms with Crippen molar-refractivity contribution >= 4 is 50.6 Å². The molecular weight excluding hydrogens is 550 g/mol. The number of nitrogens with zero attached hydrogens (tertiary/aromatic N) is 2. The number of amides is 3. The third-order valence-corrected chi connectivity index (χ3v) is 8.18. The molecule has 9 nitrogen and oxygen atoms in total. The number of thiophene rings is 1. The largest absolute Gasteiger partial charge is 0.474 e. The van der Waals surface area contributed by atoms with E-state index in [1.807, 2.05) is 75.4 Å². The Morgan fingerprint density at radius 3 is 2.43 bits per heavy atom. The van der Waals surface area contributed by atoms with E-state index in [9.17, 15) is 9.59 Å². The average Bonchev–Trinajstić information content (AvgIpc) is 3.54. The van der Waals surface area contributed by atoms with Gasteiger partial charge in [0.2, 0.25) is 0 Å². The predicted molar refractivity (Wildman–Crippen MR) is 166 cm³/mol. The van der Waals surface area contributed by atoms with Crippen LogP contribution < -0.4 is 25.6 Å². The van der Waals surface area contributed by atoms with Gasteiger partial charge < -0.3 is 25.4 Å². The Labute approximate surface area is 248 Å². The summed E-state index contributed by atoms with van der Waals surface area (Å²) in [6.07, 6.45) is 4.15. The molecule has 2 aromatic heterocycles. The second-order valence-corrected chi connectivity index (χ2v) is 12.5. The van der Waals surface area contributed by atoms with Crippen LogP contribution in [-0.4, -0.2) is 34.6 Å². The van der Waals surface area contributed by atoms with Crippen LogP contribution in [0.25, 0.3) is 10.2 Å². The fourth-order valence-electron chi connectivity index (χ4n) is 5.41. The molecule has 2 unspecified atom stereocenters. The van der Waals surface area contributed by atoms with Gasteiger partial charge in [-0.15, -0.1) is 11.3 Å². The number of carbonyl (C=O) groups excluding carboxylic acids is 2. The number of rotatable bonds is 8. The molecule has 42 heavy (non-hydrogen) atoms. The standard InChI is InChI=1S/C32H33N5O4S/c1-19(41-32(2,3)4)34-20-10-11-21(18-20)35-29(38)28-27-26-25(16-17-33-30(26)42-28)37(31(39)36-27)22-12-14-24(15-13-22)40-23-8-6-5-7-9-23/h5-9,12-17,20-21,34H,1,10-11,18H2,2-4H3,(H,35,38)(H,36,39). The van der Waals surface area contributed by atoms with Gasteiger partial charge in [0.1, 0.15) is 26.8 Å². The second kappa shape index (κ2) is 11.0. The number of urea groups is 1. The first kappa shape index (κ1) is 27.6. The van der Waals surface area contributed by atoms with Gasteiger partial charge in [-0.1, -0.05) is 18.2 Å². The maximum Gasteiger partial charge on any atom is 0.331 e. The number of carbonyl (C=O) groups is 2. The van der Waals surface area contributed by atoms with Gasteiger partial charge in [0.25, 0.3) is 5.91 Å². The summed E-state index contributed by atoms with van der Waals surface area (Å²) >= 11 is 1.28. The molecule has 6 rings (SSSR count). The highest BCUT2D eigenvalue weighted by molar-refractivity contribution is 7.21. The summed E-state index contributed by atoms with van der Waals surface area (Å²) in [7, 11) is 0. The predicted octanol–water partition coefficient (Wildman–Crippen LogP) is 7.30. The summed E-state index contributed by atoms with van der Waals surface area (Å²) in [5.74, 6) is 1.71. The fourth-order valence-corrected chi connectivity index (χ4v) is 6.43. The van der Waals surface area contributed by atoms with Gasteiger partial charge in [0.15, 0.2) is 5.88 Å². The van der Waals surface area contributed by atoms with E-state index in [1.165, 1.54) is 11.3 Å². The lowest BCUT2D eigenvalue weighted by molar-refractivity contribution is 0.0385. The number of pyridine rings is 1. The van der Waals surface area contributed by atoms with Gasteiger partial charge >= 0.3 is 6.03 Å². The lowest BCUT2D eigenvalue weighted by atomic mass is 10.1. The van der Waals surface area contributed by atoms with E-state index in [0.29, 0.717) is 38.4 Å². The van der Waals surface area contributed by atoms with Crippen LogP contribution in [0.2, 0.25) is 0 Å². The lowest BCUT2D eigenvalue weighted by Gasteiger charge is -2.28. The van der Waals surface area contributed by atoms with E-state index < -0.39 is 0 Å². The van der Waals surface area contributed by atoms with E-state index in [0.717, 1.165) is 30.4 Å². The number of aromatic nitrogens is 1. The molecule has 1 aliphatic heterocycles. The summed E-state index contributed by atoms with van der Waals surface area (Å²) in [4.78, 5) is 34.2. The Bertz CT molecular complexity index is 1650. The number of nitrogens with one attached hydrogen (secondary N) is 3. The molecule has 3 amide bonds. The number of anilines is 3. The van der Waals surface area contributed by atoms with Crippen molar-refractivity contribution in [3.63, 3.8) is 0 Å². The average molecular weight is 584 g/mol. The van der Waals surface area contributed by atoms with Gasteiger partial charge in [-0.2, -0.15) is 0 Å². The Hall–Kier alpha value is -4.57. The summed E-state index contributed by atoms with van der Waals surface area (Å²) in [5.41, 5.74) is 1.52. The summed E-state index contributed by atoms with van der Waals surface area (Å²) < 4.78 is 11.7. The molecule has 4 aromatic rings. The summed E-state index contributed by atoms with van der Waals surface area (Å²) in [6.45, 7) is 9.91. The SMILES string of the molecule is C=C(NC1CCC(NC(=O)c2sc3nccc4c3c2NC(=O)N4c2ccc(Oc3ccccc3)cc2)C1)OC(C)(C)C. The summed E-state index contributed by atoms with van der Waals surface area (Å²) in [5, 5.41) is 10.2. The zero-order chi connectivity index (χ0) is 29.4. The first-order chi connectivity index (χ1) is 20.1. The molecule has 3 heterocycles. The molecule has 2 aromatic carbocycles. The van der Waals surface area contributed by atoms with Crippen LogP contribution in [0, 0.1) is 0 Å². The van der Waals surface area contributed by atoms with Crippen molar-refractivity contribution in [1.29, 1.82) is 0 Å². The first-order valence-corrected chi connectivity index (χ1v) is 14.8. The minimum Gasteiger partial charge on any atom is -0.474 e. The Morgan fingerprint density at radius 2 is 1.71 bits per heavy atom. The van der Waals surface area contributed by atoms with Crippen molar-refractivity contribution in [2.24, 2.45) is 0 Å². The van der Waals surface area contributed by atoms with E-state index in [4.69, 9.17) is 9.47 Å². The molecule has 0 saturated heterocycles. The normalized spacial score (nSPS) is 18.0. The number of ether oxygens (including phenoxy) is 2. The van der Waals surface area contributed by atoms with E-state index in [2.05, 4.69) is 27.5 Å². The molecule has 0 radical (unpaired) electrons. The van der Waals surface area contributed by atoms with Gasteiger partial charge in [0, 0.05) is 18.3 Å². The van der Waals surface area contributed by atoms with Gasteiger partial charge in [-0.3, -0.25) is 9.69 Å². The zero-order valence-electron chi connectivity index (χ0n) is 23.8. The molecule has 2 atom stereocenters. The molecular formula is C32H33N5O4S. The maximum absolute atomic E-state index is 13.5. The molecule has 1 fully saturated rings. The van der Waals surface area contributed by atoms with Crippen molar-refractivity contribution in [2.75, 3.05) is 10.2 Å². The van der Waals surface area contributed by atoms with E-state index in [-0.39, 0.29) is 29.6 Å². The fraction of sp³-hybridized carbons (Fsp3) is 0.281. The van der Waals surface area contributed by atoms with Crippen LogP contribution in [-0.2, 0) is 4.74 Å². The van der Waals surface area contributed by atoms with Crippen molar-refractivity contribution in [2.45, 2.75) is 57.7 Å². The van der Waals surface area contributed by atoms with Crippen LogP contribution >= 0.6 is 11.3 Å². The molecule has 1 saturated carbocycles. The molecule has 1 aliphatic carbocycles. The second-order valence-electron chi connectivity index (χ2n) is 11.5. The van der Waals surface area contributed by atoms with Crippen LogP contribution in [0.3, 0.4) is 0 Å². The highest BCUT2D eigenvalue weighted by Gasteiger charge is 2.34. The van der Waals surface area contributed by atoms with Crippen LogP contribution in [0.15, 0.2) is 79.3 Å². The summed E-state index contributed by atoms with van der Waals surface area (Å²) in [6, 6.07) is 18.4. The van der Waals surface area contributed by atoms with Crippen molar-refractivity contribution in [3.05, 3.63) is 84.2 Å². The Kier molecular flexibility index (Phi) is 7.24. The van der Waals surface area contributed by atoms with Crippen molar-refractivity contribution < 1.29 is 19.1 Å². The molecule has 0 bridgehead atoms. The molecule has 2 aliphatic rings. The van der Waals surface area contributed by atoms with E-state index in [1.54, 1.807) is 17.2 Å². The highest BCUT2D eigenvalue weighted by Crippen LogP contribution is 2.46. The topological polar surface area (TPSA) is 105 Å². The van der Waals surface area contributed by atoms with Crippen molar-refractivity contribution in [1.82, 2.24) is 15.6 Å². The number of hydrogen-bond acceptors (Lipinski definition) is 7. The quantitative estimate of drug-likeness (QED) is 0.188. The molecule has 0 spiro atoms. The minimum absolute atomic E-state index is 0.00492. The van der Waals surface area contributed by atoms with Gasteiger partial charge in [-0.25, -0.2) is 9.78 Å². The third-order valence-electron chi connectivity index (χ3n) is 7.09. The first-order valence-electron chi connectivity index (χ1n) is 14.0. The lowest BCUT2D eigenvalue weighted by Crippen LogP contribution is -2.37. The van der Waals surface area contributed by atoms with Crippen LogP contribution in [0.1, 0.15) is 49.7 Å². The van der Waals surface area contributed by atoms with Gasteiger partial charge in [0.05, 0.1) is 22.4 Å². The molecule has 216 valence electrons. The molecule has 3 N–H and O–H groups in total. The Balaban J connectivity index is 1.18.